The lowest BCUT2D eigenvalue weighted by Gasteiger charge is -2.25. The first-order chi connectivity index (χ1) is 11.4. The van der Waals surface area contributed by atoms with E-state index in [-0.39, 0.29) is 17.9 Å². The zero-order valence-corrected chi connectivity index (χ0v) is 14.0. The molecule has 2 aliphatic rings. The summed E-state index contributed by atoms with van der Waals surface area (Å²) in [4.78, 5) is 13.6. The fourth-order valence-electron chi connectivity index (χ4n) is 2.94. The molecule has 1 saturated heterocycles. The first kappa shape index (κ1) is 16.4. The number of nitrogens with two attached hydrogens (primary N) is 1. The molecule has 130 valence electrons. The molecule has 24 heavy (non-hydrogen) atoms. The van der Waals surface area contributed by atoms with Gasteiger partial charge in [-0.1, -0.05) is 6.07 Å². The quantitative estimate of drug-likeness (QED) is 0.718. The van der Waals surface area contributed by atoms with E-state index in [0.717, 1.165) is 12.8 Å². The van der Waals surface area contributed by atoms with Crippen molar-refractivity contribution in [2.45, 2.75) is 18.9 Å². The van der Waals surface area contributed by atoms with Crippen molar-refractivity contribution in [1.82, 2.24) is 10.2 Å². The predicted molar refractivity (Wildman–Crippen MR) is 89.4 cm³/mol. The predicted octanol–water partition coefficient (Wildman–Crippen LogP) is 0.245. The molecule has 1 aromatic rings. The molecule has 2 amide bonds. The van der Waals surface area contributed by atoms with Crippen LogP contribution in [0.5, 0.6) is 5.75 Å². The van der Waals surface area contributed by atoms with Gasteiger partial charge in [-0.15, -0.1) is 4.40 Å². The van der Waals surface area contributed by atoms with E-state index in [0.29, 0.717) is 30.2 Å². The number of rotatable bonds is 3. The fraction of sp³-hybridized carbons (Fsp3) is 0.429. The van der Waals surface area contributed by atoms with Crippen molar-refractivity contribution < 1.29 is 17.9 Å². The summed E-state index contributed by atoms with van der Waals surface area (Å²) >= 11 is 0. The van der Waals surface area contributed by atoms with Crippen LogP contribution >= 0.6 is 0 Å². The Hall–Kier alpha value is -2.49. The van der Waals surface area contributed by atoms with Gasteiger partial charge in [-0.05, 0) is 25.0 Å². The second-order valence-electron chi connectivity index (χ2n) is 5.59. The van der Waals surface area contributed by atoms with Crippen molar-refractivity contribution >= 4 is 27.8 Å². The third-order valence-corrected chi connectivity index (χ3v) is 4.94. The lowest BCUT2D eigenvalue weighted by Crippen LogP contribution is -2.43. The van der Waals surface area contributed by atoms with E-state index in [1.165, 1.54) is 0 Å². The number of ether oxygens (including phenoxy) is 1. The molecule has 0 aliphatic carbocycles. The van der Waals surface area contributed by atoms with Crippen molar-refractivity contribution in [3.05, 3.63) is 23.8 Å². The fourth-order valence-corrected chi connectivity index (χ4v) is 3.79. The van der Waals surface area contributed by atoms with Crippen molar-refractivity contribution in [3.8, 4) is 5.75 Å². The molecule has 2 aliphatic heterocycles. The highest BCUT2D eigenvalue weighted by Gasteiger charge is 2.30. The lowest BCUT2D eigenvalue weighted by atomic mass is 10.1. The minimum absolute atomic E-state index is 0.0424. The maximum absolute atomic E-state index is 11.8. The molecule has 0 bridgehead atoms. The van der Waals surface area contributed by atoms with Gasteiger partial charge >= 0.3 is 16.2 Å². The summed E-state index contributed by atoms with van der Waals surface area (Å²) in [6, 6.07) is 4.78. The summed E-state index contributed by atoms with van der Waals surface area (Å²) in [5, 5.41) is 2.62. The van der Waals surface area contributed by atoms with Crippen LogP contribution in [0.3, 0.4) is 0 Å². The molecular formula is C14H19N5O4S. The van der Waals surface area contributed by atoms with Gasteiger partial charge in [0.1, 0.15) is 12.4 Å². The molecule has 0 spiro atoms. The molecule has 0 radical (unpaired) electrons. The summed E-state index contributed by atoms with van der Waals surface area (Å²) in [6.45, 7) is 0.980. The Labute approximate surface area is 140 Å². The van der Waals surface area contributed by atoms with Crippen molar-refractivity contribution in [2.75, 3.05) is 24.9 Å². The molecule has 4 N–H and O–H groups in total. The third kappa shape index (κ3) is 3.09. The van der Waals surface area contributed by atoms with E-state index in [2.05, 4.69) is 14.4 Å². The van der Waals surface area contributed by atoms with Crippen LogP contribution in [0, 0.1) is 0 Å². The Morgan fingerprint density at radius 1 is 1.54 bits per heavy atom. The summed E-state index contributed by atoms with van der Waals surface area (Å²) in [7, 11) is -2.23. The summed E-state index contributed by atoms with van der Waals surface area (Å²) in [5.41, 5.74) is 6.52. The van der Waals surface area contributed by atoms with Crippen LogP contribution < -0.4 is 20.5 Å². The number of carbonyl (C=O) groups is 1. The highest BCUT2D eigenvalue weighted by molar-refractivity contribution is 7.91. The topological polar surface area (TPSA) is 126 Å². The van der Waals surface area contributed by atoms with Crippen LogP contribution in [0.2, 0.25) is 0 Å². The number of hydrogen-bond acceptors (Lipinski definition) is 5. The van der Waals surface area contributed by atoms with Crippen molar-refractivity contribution in [3.63, 3.8) is 0 Å². The SMILES string of the molecule is CNC(=O)N1CCC[C@@H]1COc1cccc2c1C(N)=NS(=O)(=O)N2. The van der Waals surface area contributed by atoms with E-state index in [4.69, 9.17) is 10.5 Å². The van der Waals surface area contributed by atoms with Gasteiger partial charge in [0, 0.05) is 13.6 Å². The number of amidine groups is 1. The number of likely N-dealkylation sites (tertiary alicyclic amines) is 1. The number of benzene rings is 1. The number of fused-ring (bicyclic) bond motifs is 1. The number of amides is 2. The minimum atomic E-state index is -3.82. The molecule has 0 saturated carbocycles. The average Bonchev–Trinajstić information content (AvgIpc) is 2.99. The Balaban J connectivity index is 1.79. The molecule has 2 heterocycles. The highest BCUT2D eigenvalue weighted by atomic mass is 32.2. The Morgan fingerprint density at radius 3 is 3.08 bits per heavy atom. The molecule has 1 aromatic carbocycles. The second-order valence-corrected chi connectivity index (χ2v) is 6.92. The normalized spacial score (nSPS) is 21.5. The summed E-state index contributed by atoms with van der Waals surface area (Å²) in [6.07, 6.45) is 1.76. The number of carbonyl (C=O) groups excluding carboxylic acids is 1. The smallest absolute Gasteiger partial charge is 0.344 e. The Bertz CT molecular complexity index is 792. The number of hydrogen-bond donors (Lipinski definition) is 3. The van der Waals surface area contributed by atoms with E-state index in [9.17, 15) is 13.2 Å². The maximum atomic E-state index is 11.8. The molecule has 3 rings (SSSR count). The van der Waals surface area contributed by atoms with Gasteiger partial charge in [-0.3, -0.25) is 4.72 Å². The number of nitrogens with zero attached hydrogens (tertiary/aromatic N) is 2. The van der Waals surface area contributed by atoms with E-state index in [1.807, 2.05) is 0 Å². The lowest BCUT2D eigenvalue weighted by molar-refractivity contribution is 0.167. The minimum Gasteiger partial charge on any atom is -0.491 e. The third-order valence-electron chi connectivity index (χ3n) is 4.02. The van der Waals surface area contributed by atoms with Gasteiger partial charge < -0.3 is 20.7 Å². The van der Waals surface area contributed by atoms with Crippen molar-refractivity contribution in [2.24, 2.45) is 10.1 Å². The Morgan fingerprint density at radius 2 is 2.33 bits per heavy atom. The van der Waals surface area contributed by atoms with Gasteiger partial charge in [0.05, 0.1) is 17.3 Å². The van der Waals surface area contributed by atoms with E-state index < -0.39 is 10.2 Å². The van der Waals surface area contributed by atoms with Crippen LogP contribution in [-0.2, 0) is 10.2 Å². The second kappa shape index (κ2) is 6.19. The molecule has 0 aromatic heterocycles. The standard InChI is InChI=1S/C14H19N5O4S/c1-16-14(20)19-7-3-4-9(19)8-23-11-6-2-5-10-12(11)13(15)18-24(21,22)17-10/h2,5-6,9,17H,3-4,7-8H2,1H3,(H2,15,18)(H,16,20)/t9-/m1/s1. The average molecular weight is 353 g/mol. The number of anilines is 1. The molecule has 1 atom stereocenters. The number of urea groups is 1. The van der Waals surface area contributed by atoms with Gasteiger partial charge in [0.25, 0.3) is 0 Å². The van der Waals surface area contributed by atoms with Crippen molar-refractivity contribution in [1.29, 1.82) is 0 Å². The van der Waals surface area contributed by atoms with Crippen LogP contribution in [0.25, 0.3) is 0 Å². The largest absolute Gasteiger partial charge is 0.491 e. The Kier molecular flexibility index (Phi) is 4.22. The van der Waals surface area contributed by atoms with E-state index >= 15 is 0 Å². The summed E-state index contributed by atoms with van der Waals surface area (Å²) in [5.74, 6) is 0.314. The first-order valence-corrected chi connectivity index (χ1v) is 8.98. The molecule has 0 unspecified atom stereocenters. The number of nitrogens with one attached hydrogen (secondary N) is 2. The zero-order valence-electron chi connectivity index (χ0n) is 13.2. The van der Waals surface area contributed by atoms with Crippen LogP contribution in [0.4, 0.5) is 10.5 Å². The van der Waals surface area contributed by atoms with Crippen LogP contribution in [0.15, 0.2) is 22.6 Å². The first-order valence-electron chi connectivity index (χ1n) is 7.54. The van der Waals surface area contributed by atoms with Gasteiger partial charge in [-0.2, -0.15) is 8.42 Å². The molecule has 1 fully saturated rings. The monoisotopic (exact) mass is 353 g/mol. The summed E-state index contributed by atoms with van der Waals surface area (Å²) < 4.78 is 34.8. The molecular weight excluding hydrogens is 334 g/mol. The van der Waals surface area contributed by atoms with Gasteiger partial charge in [0.15, 0.2) is 5.84 Å². The van der Waals surface area contributed by atoms with Crippen LogP contribution in [0.1, 0.15) is 18.4 Å². The van der Waals surface area contributed by atoms with Crippen LogP contribution in [-0.4, -0.2) is 51.4 Å². The van der Waals surface area contributed by atoms with Gasteiger partial charge in [-0.25, -0.2) is 4.79 Å². The van der Waals surface area contributed by atoms with E-state index in [1.54, 1.807) is 30.1 Å². The highest BCUT2D eigenvalue weighted by Crippen LogP contribution is 2.31. The van der Waals surface area contributed by atoms with Gasteiger partial charge in [0.2, 0.25) is 0 Å². The zero-order chi connectivity index (χ0) is 17.3. The maximum Gasteiger partial charge on any atom is 0.344 e. The molecule has 9 nitrogen and oxygen atoms in total. The molecule has 10 heteroatoms.